The maximum Gasteiger partial charge on any atom is 0.260 e. The minimum Gasteiger partial charge on any atom is -0.481 e. The van der Waals surface area contributed by atoms with Crippen LogP contribution >= 0.6 is 15.9 Å². The van der Waals surface area contributed by atoms with Gasteiger partial charge in [-0.25, -0.2) is 4.39 Å². The topological polar surface area (TPSA) is 55.6 Å². The largest absolute Gasteiger partial charge is 0.481 e. The summed E-state index contributed by atoms with van der Waals surface area (Å²) in [6.45, 7) is 1.08. The van der Waals surface area contributed by atoms with Crippen molar-refractivity contribution in [3.8, 4) is 5.75 Å². The second kappa shape index (κ2) is 6.34. The molecule has 1 saturated heterocycles. The molecule has 1 atom stereocenters. The molecule has 1 unspecified atom stereocenters. The molecule has 2 N–H and O–H groups in total. The van der Waals surface area contributed by atoms with Crippen LogP contribution in [-0.2, 0) is 4.79 Å². The van der Waals surface area contributed by atoms with Crippen molar-refractivity contribution in [3.05, 3.63) is 28.5 Å². The summed E-state index contributed by atoms with van der Waals surface area (Å²) in [4.78, 5) is 13.6. The Kier molecular flexibility index (Phi) is 4.76. The van der Waals surface area contributed by atoms with Gasteiger partial charge in [0.05, 0.1) is 0 Å². The maximum absolute atomic E-state index is 13.5. The Morgan fingerprint density at radius 2 is 2.37 bits per heavy atom. The van der Waals surface area contributed by atoms with E-state index in [2.05, 4.69) is 15.9 Å². The Labute approximate surface area is 119 Å². The second-order valence-corrected chi connectivity index (χ2v) is 5.52. The molecule has 19 heavy (non-hydrogen) atoms. The average molecular weight is 331 g/mol. The Hall–Kier alpha value is -1.14. The van der Waals surface area contributed by atoms with Gasteiger partial charge in [0.2, 0.25) is 0 Å². The molecule has 0 aliphatic carbocycles. The van der Waals surface area contributed by atoms with Crippen molar-refractivity contribution < 1.29 is 13.9 Å². The minimum absolute atomic E-state index is 0.0297. The van der Waals surface area contributed by atoms with Crippen LogP contribution in [-0.4, -0.2) is 36.5 Å². The van der Waals surface area contributed by atoms with Gasteiger partial charge in [-0.2, -0.15) is 0 Å². The number of carbonyl (C=O) groups is 1. The van der Waals surface area contributed by atoms with Crippen molar-refractivity contribution in [2.45, 2.75) is 18.9 Å². The lowest BCUT2D eigenvalue weighted by Crippen LogP contribution is -2.47. The highest BCUT2D eigenvalue weighted by molar-refractivity contribution is 9.10. The smallest absolute Gasteiger partial charge is 0.260 e. The first-order valence-corrected chi connectivity index (χ1v) is 6.97. The number of nitrogens with two attached hydrogens (primary N) is 1. The molecule has 0 radical (unpaired) electrons. The van der Waals surface area contributed by atoms with Gasteiger partial charge in [0.1, 0.15) is 0 Å². The lowest BCUT2D eigenvalue weighted by Gasteiger charge is -2.30. The van der Waals surface area contributed by atoms with Gasteiger partial charge in [-0.3, -0.25) is 4.79 Å². The number of ether oxygens (including phenoxy) is 1. The van der Waals surface area contributed by atoms with Crippen LogP contribution in [0.5, 0.6) is 5.75 Å². The summed E-state index contributed by atoms with van der Waals surface area (Å²) in [5.41, 5.74) is 5.81. The Balaban J connectivity index is 1.89. The van der Waals surface area contributed by atoms with E-state index >= 15 is 0 Å². The summed E-state index contributed by atoms with van der Waals surface area (Å²) >= 11 is 3.16. The molecule has 1 aromatic carbocycles. The first kappa shape index (κ1) is 14.3. The summed E-state index contributed by atoms with van der Waals surface area (Å²) < 4.78 is 19.3. The number of piperidine rings is 1. The van der Waals surface area contributed by atoms with Crippen LogP contribution in [0.15, 0.2) is 22.7 Å². The number of rotatable bonds is 3. The lowest BCUT2D eigenvalue weighted by molar-refractivity contribution is -0.134. The SMILES string of the molecule is NC1CCCN(C(=O)COc2ccc(Br)cc2F)C1. The van der Waals surface area contributed by atoms with E-state index in [1.54, 1.807) is 11.0 Å². The molecule has 1 aliphatic heterocycles. The van der Waals surface area contributed by atoms with Gasteiger partial charge < -0.3 is 15.4 Å². The zero-order chi connectivity index (χ0) is 13.8. The number of carbonyl (C=O) groups excluding carboxylic acids is 1. The van der Waals surface area contributed by atoms with Crippen molar-refractivity contribution >= 4 is 21.8 Å². The fourth-order valence-corrected chi connectivity index (χ4v) is 2.39. The van der Waals surface area contributed by atoms with E-state index in [0.717, 1.165) is 12.8 Å². The Morgan fingerprint density at radius 1 is 1.58 bits per heavy atom. The zero-order valence-electron chi connectivity index (χ0n) is 10.4. The summed E-state index contributed by atoms with van der Waals surface area (Å²) in [6, 6.07) is 4.49. The van der Waals surface area contributed by atoms with Crippen LogP contribution in [0.4, 0.5) is 4.39 Å². The molecule has 104 valence electrons. The van der Waals surface area contributed by atoms with Crippen LogP contribution in [0.25, 0.3) is 0 Å². The standard InChI is InChI=1S/C13H16BrFN2O2/c14-9-3-4-12(11(15)6-9)19-8-13(18)17-5-1-2-10(16)7-17/h3-4,6,10H,1-2,5,7-8,16H2. The average Bonchev–Trinajstić information content (AvgIpc) is 2.37. The van der Waals surface area contributed by atoms with Gasteiger partial charge in [-0.05, 0) is 31.0 Å². The highest BCUT2D eigenvalue weighted by Gasteiger charge is 2.21. The van der Waals surface area contributed by atoms with Gasteiger partial charge in [0.25, 0.3) is 5.91 Å². The number of nitrogens with zero attached hydrogens (tertiary/aromatic N) is 1. The van der Waals surface area contributed by atoms with Gasteiger partial charge in [0, 0.05) is 23.6 Å². The number of benzene rings is 1. The third-order valence-electron chi connectivity index (χ3n) is 3.06. The molecule has 1 amide bonds. The quantitative estimate of drug-likeness (QED) is 0.921. The molecule has 0 bridgehead atoms. The second-order valence-electron chi connectivity index (χ2n) is 4.61. The molecule has 1 aromatic rings. The van der Waals surface area contributed by atoms with Gasteiger partial charge in [-0.1, -0.05) is 15.9 Å². The molecule has 1 heterocycles. The van der Waals surface area contributed by atoms with Crippen LogP contribution in [0, 0.1) is 5.82 Å². The van der Waals surface area contributed by atoms with E-state index in [4.69, 9.17) is 10.5 Å². The molecule has 2 rings (SSSR count). The molecule has 1 aliphatic rings. The lowest BCUT2D eigenvalue weighted by atomic mass is 10.1. The zero-order valence-corrected chi connectivity index (χ0v) is 12.0. The third-order valence-corrected chi connectivity index (χ3v) is 3.55. The minimum atomic E-state index is -0.488. The van der Waals surface area contributed by atoms with Crippen LogP contribution < -0.4 is 10.5 Å². The number of amides is 1. The van der Waals surface area contributed by atoms with Gasteiger partial charge in [0.15, 0.2) is 18.2 Å². The van der Waals surface area contributed by atoms with E-state index in [1.807, 2.05) is 0 Å². The summed E-state index contributed by atoms with van der Waals surface area (Å²) in [5.74, 6) is -0.562. The molecule has 0 aromatic heterocycles. The Bertz CT molecular complexity index is 470. The normalized spacial score (nSPS) is 19.3. The van der Waals surface area contributed by atoms with E-state index < -0.39 is 5.82 Å². The predicted molar refractivity (Wildman–Crippen MR) is 73.4 cm³/mol. The van der Waals surface area contributed by atoms with Crippen LogP contribution in [0.3, 0.4) is 0 Å². The van der Waals surface area contributed by atoms with E-state index in [0.29, 0.717) is 17.6 Å². The Morgan fingerprint density at radius 3 is 3.05 bits per heavy atom. The summed E-state index contributed by atoms with van der Waals surface area (Å²) in [7, 11) is 0. The molecular formula is C13H16BrFN2O2. The number of halogens is 2. The number of hydrogen-bond acceptors (Lipinski definition) is 3. The molecule has 4 nitrogen and oxygen atoms in total. The first-order chi connectivity index (χ1) is 9.06. The van der Waals surface area contributed by atoms with Crippen molar-refractivity contribution in [1.82, 2.24) is 4.90 Å². The predicted octanol–water partition coefficient (Wildman–Crippen LogP) is 1.92. The molecular weight excluding hydrogens is 315 g/mol. The van der Waals surface area contributed by atoms with Gasteiger partial charge in [-0.15, -0.1) is 0 Å². The molecule has 0 spiro atoms. The van der Waals surface area contributed by atoms with E-state index in [-0.39, 0.29) is 24.3 Å². The van der Waals surface area contributed by atoms with Crippen molar-refractivity contribution in [2.24, 2.45) is 5.73 Å². The highest BCUT2D eigenvalue weighted by atomic mass is 79.9. The fourth-order valence-electron chi connectivity index (χ4n) is 2.06. The molecule has 0 saturated carbocycles. The molecule has 1 fully saturated rings. The van der Waals surface area contributed by atoms with E-state index in [9.17, 15) is 9.18 Å². The van der Waals surface area contributed by atoms with Crippen molar-refractivity contribution in [2.75, 3.05) is 19.7 Å². The maximum atomic E-state index is 13.5. The van der Waals surface area contributed by atoms with Crippen molar-refractivity contribution in [3.63, 3.8) is 0 Å². The van der Waals surface area contributed by atoms with Crippen LogP contribution in [0.1, 0.15) is 12.8 Å². The summed E-state index contributed by atoms with van der Waals surface area (Å²) in [5, 5.41) is 0. The first-order valence-electron chi connectivity index (χ1n) is 6.17. The van der Waals surface area contributed by atoms with Crippen molar-refractivity contribution in [1.29, 1.82) is 0 Å². The summed E-state index contributed by atoms with van der Waals surface area (Å²) in [6.07, 6.45) is 1.84. The molecule has 6 heteroatoms. The highest BCUT2D eigenvalue weighted by Crippen LogP contribution is 2.21. The number of hydrogen-bond donors (Lipinski definition) is 1. The third kappa shape index (κ3) is 3.91. The van der Waals surface area contributed by atoms with Gasteiger partial charge >= 0.3 is 0 Å². The fraction of sp³-hybridized carbons (Fsp3) is 0.462. The van der Waals surface area contributed by atoms with E-state index in [1.165, 1.54) is 12.1 Å². The number of likely N-dealkylation sites (tertiary alicyclic amines) is 1. The van der Waals surface area contributed by atoms with Crippen LogP contribution in [0.2, 0.25) is 0 Å². The monoisotopic (exact) mass is 330 g/mol.